The van der Waals surface area contributed by atoms with E-state index in [0.717, 1.165) is 24.6 Å². The van der Waals surface area contributed by atoms with Crippen LogP contribution in [0.15, 0.2) is 41.7 Å². The summed E-state index contributed by atoms with van der Waals surface area (Å²) in [6.07, 6.45) is 3.77. The van der Waals surface area contributed by atoms with Crippen LogP contribution in [0.5, 0.6) is 5.75 Å². The predicted molar refractivity (Wildman–Crippen MR) is 122 cm³/mol. The Morgan fingerprint density at radius 1 is 1.46 bits per heavy atom. The first-order chi connectivity index (χ1) is 13.1. The van der Waals surface area contributed by atoms with E-state index in [9.17, 15) is 0 Å². The van der Waals surface area contributed by atoms with Crippen LogP contribution >= 0.6 is 35.6 Å². The first-order valence-corrected chi connectivity index (χ1v) is 9.41. The number of ether oxygens (including phenoxy) is 2. The second-order valence-corrected chi connectivity index (χ2v) is 6.95. The molecule has 9 heteroatoms. The van der Waals surface area contributed by atoms with Crippen molar-refractivity contribution in [2.45, 2.75) is 19.1 Å². The minimum atomic E-state index is -0.0585. The molecule has 0 bridgehead atoms. The summed E-state index contributed by atoms with van der Waals surface area (Å²) < 4.78 is 13.6. The molecule has 2 heterocycles. The fourth-order valence-corrected chi connectivity index (χ4v) is 3.20. The van der Waals surface area contributed by atoms with Gasteiger partial charge in [0.15, 0.2) is 5.96 Å². The van der Waals surface area contributed by atoms with Crippen molar-refractivity contribution in [3.8, 4) is 5.75 Å². The fraction of sp³-hybridized carbons (Fsp3) is 0.474. The van der Waals surface area contributed by atoms with E-state index < -0.39 is 0 Å². The van der Waals surface area contributed by atoms with E-state index in [1.807, 2.05) is 50.6 Å². The van der Waals surface area contributed by atoms with Gasteiger partial charge in [-0.1, -0.05) is 23.7 Å². The Hall–Kier alpha value is -1.52. The highest BCUT2D eigenvalue weighted by Crippen LogP contribution is 2.24. The topological polar surface area (TPSA) is 63.9 Å². The zero-order valence-electron chi connectivity index (χ0n) is 16.3. The molecule has 0 amide bonds. The molecule has 7 nitrogen and oxygen atoms in total. The molecule has 154 valence electrons. The Bertz CT molecular complexity index is 785. The van der Waals surface area contributed by atoms with Gasteiger partial charge < -0.3 is 19.7 Å². The predicted octanol–water partition coefficient (Wildman–Crippen LogP) is 3.11. The molecule has 2 unspecified atom stereocenters. The highest BCUT2D eigenvalue weighted by molar-refractivity contribution is 14.0. The van der Waals surface area contributed by atoms with Crippen LogP contribution in [-0.4, -0.2) is 60.0 Å². The molecule has 3 rings (SSSR count). The normalized spacial score (nSPS) is 18.4. The van der Waals surface area contributed by atoms with Gasteiger partial charge in [-0.15, -0.1) is 24.0 Å². The maximum absolute atomic E-state index is 6.16. The number of aliphatic imine (C=N–C) groups is 1. The molecule has 0 spiro atoms. The van der Waals surface area contributed by atoms with E-state index in [1.165, 1.54) is 0 Å². The molecule has 1 N–H and O–H groups in total. The van der Waals surface area contributed by atoms with Crippen molar-refractivity contribution >= 4 is 41.5 Å². The summed E-state index contributed by atoms with van der Waals surface area (Å²) >= 11 is 6.16. The summed E-state index contributed by atoms with van der Waals surface area (Å²) in [4.78, 5) is 6.61. The summed E-state index contributed by atoms with van der Waals surface area (Å²) in [5.74, 6) is 1.52. The van der Waals surface area contributed by atoms with Crippen LogP contribution < -0.4 is 10.1 Å². The van der Waals surface area contributed by atoms with Crippen molar-refractivity contribution in [3.63, 3.8) is 0 Å². The maximum Gasteiger partial charge on any atom is 0.193 e. The average molecular weight is 520 g/mol. The molecule has 1 aliphatic rings. The van der Waals surface area contributed by atoms with Gasteiger partial charge in [-0.05, 0) is 19.1 Å². The lowest BCUT2D eigenvalue weighted by Crippen LogP contribution is -2.49. The summed E-state index contributed by atoms with van der Waals surface area (Å²) in [6, 6.07) is 7.49. The van der Waals surface area contributed by atoms with E-state index in [1.54, 1.807) is 11.7 Å². The van der Waals surface area contributed by atoms with E-state index in [-0.39, 0.29) is 36.2 Å². The zero-order valence-corrected chi connectivity index (χ0v) is 19.4. The molecule has 2 atom stereocenters. The van der Waals surface area contributed by atoms with E-state index in [0.29, 0.717) is 23.9 Å². The fourth-order valence-electron chi connectivity index (χ4n) is 3.02. The maximum atomic E-state index is 6.16. The minimum Gasteiger partial charge on any atom is -0.487 e. The molecular weight excluding hydrogens is 493 g/mol. The molecule has 1 aromatic heterocycles. The molecule has 0 aliphatic carbocycles. The van der Waals surface area contributed by atoms with Crippen molar-refractivity contribution in [2.75, 3.05) is 33.3 Å². The lowest BCUT2D eigenvalue weighted by Gasteiger charge is -2.35. The van der Waals surface area contributed by atoms with Crippen LogP contribution in [0.2, 0.25) is 5.02 Å². The smallest absolute Gasteiger partial charge is 0.193 e. The molecule has 1 saturated heterocycles. The Morgan fingerprint density at radius 3 is 2.93 bits per heavy atom. The van der Waals surface area contributed by atoms with Crippen molar-refractivity contribution in [2.24, 2.45) is 12.0 Å². The van der Waals surface area contributed by atoms with Crippen molar-refractivity contribution in [1.29, 1.82) is 0 Å². The molecule has 28 heavy (non-hydrogen) atoms. The molecule has 1 aliphatic heterocycles. The van der Waals surface area contributed by atoms with Crippen LogP contribution in [-0.2, 0) is 11.8 Å². The van der Waals surface area contributed by atoms with Gasteiger partial charge in [0.1, 0.15) is 18.0 Å². The molecule has 1 aromatic carbocycles. The molecule has 2 aromatic rings. The average Bonchev–Trinajstić information content (AvgIpc) is 3.11. The largest absolute Gasteiger partial charge is 0.487 e. The number of rotatable bonds is 5. The second-order valence-electron chi connectivity index (χ2n) is 6.54. The molecule has 0 radical (unpaired) electrons. The number of aromatic nitrogens is 2. The first kappa shape index (κ1) is 22.8. The number of aryl methyl sites for hydroxylation is 1. The third kappa shape index (κ3) is 5.99. The number of nitrogens with zero attached hydrogens (tertiary/aromatic N) is 4. The van der Waals surface area contributed by atoms with Gasteiger partial charge in [-0.25, -0.2) is 0 Å². The lowest BCUT2D eigenvalue weighted by molar-refractivity contribution is -0.00814. The number of para-hydroxylation sites is 1. The van der Waals surface area contributed by atoms with Gasteiger partial charge in [0.05, 0.1) is 30.9 Å². The number of morpholine rings is 1. The summed E-state index contributed by atoms with van der Waals surface area (Å²) in [7, 11) is 3.70. The Kier molecular flexibility index (Phi) is 8.84. The van der Waals surface area contributed by atoms with Gasteiger partial charge >= 0.3 is 0 Å². The van der Waals surface area contributed by atoms with Crippen LogP contribution in [0.4, 0.5) is 0 Å². The van der Waals surface area contributed by atoms with E-state index in [4.69, 9.17) is 21.1 Å². The highest BCUT2D eigenvalue weighted by Gasteiger charge is 2.25. The van der Waals surface area contributed by atoms with Crippen LogP contribution in [0.1, 0.15) is 18.6 Å². The Labute approximate surface area is 188 Å². The SMILES string of the molecule is CN=C(NCC(C)Oc1ccccc1Cl)N1CCOC(c2cnn(C)c2)C1.I. The third-order valence-electron chi connectivity index (χ3n) is 4.39. The second kappa shape index (κ2) is 10.9. The number of hydrogen-bond acceptors (Lipinski definition) is 4. The Balaban J connectivity index is 0.00000280. The number of guanidine groups is 1. The van der Waals surface area contributed by atoms with Gasteiger partial charge in [-0.3, -0.25) is 9.67 Å². The third-order valence-corrected chi connectivity index (χ3v) is 4.70. The van der Waals surface area contributed by atoms with Crippen molar-refractivity contribution in [1.82, 2.24) is 20.0 Å². The quantitative estimate of drug-likeness (QED) is 0.374. The molecular formula is C19H27ClIN5O2. The van der Waals surface area contributed by atoms with Crippen LogP contribution in [0.3, 0.4) is 0 Å². The zero-order chi connectivity index (χ0) is 19.2. The van der Waals surface area contributed by atoms with Crippen molar-refractivity contribution < 1.29 is 9.47 Å². The van der Waals surface area contributed by atoms with E-state index in [2.05, 4.69) is 20.3 Å². The summed E-state index contributed by atoms with van der Waals surface area (Å²) in [5, 5.41) is 8.23. The number of nitrogens with one attached hydrogen (secondary N) is 1. The van der Waals surface area contributed by atoms with Crippen molar-refractivity contribution in [3.05, 3.63) is 47.2 Å². The Morgan fingerprint density at radius 2 is 2.25 bits per heavy atom. The van der Waals surface area contributed by atoms with Gasteiger partial charge in [0.2, 0.25) is 0 Å². The monoisotopic (exact) mass is 519 g/mol. The van der Waals surface area contributed by atoms with Gasteiger partial charge in [0, 0.05) is 32.4 Å². The number of hydrogen-bond donors (Lipinski definition) is 1. The van der Waals surface area contributed by atoms with E-state index >= 15 is 0 Å². The first-order valence-electron chi connectivity index (χ1n) is 9.03. The standard InChI is InChI=1S/C19H26ClN5O2.HI/c1-14(27-17-7-5-4-6-16(17)20)10-22-19(21-2)25-8-9-26-18(13-25)15-11-23-24(3)12-15;/h4-7,11-12,14,18H,8-10,13H2,1-3H3,(H,21,22);1H. The summed E-state index contributed by atoms with van der Waals surface area (Å²) in [6.45, 7) is 4.78. The minimum absolute atomic E-state index is 0. The highest BCUT2D eigenvalue weighted by atomic mass is 127. The van der Waals surface area contributed by atoms with Gasteiger partial charge in [0.25, 0.3) is 0 Å². The van der Waals surface area contributed by atoms with Gasteiger partial charge in [-0.2, -0.15) is 5.10 Å². The molecule has 1 fully saturated rings. The van der Waals surface area contributed by atoms with Crippen LogP contribution in [0, 0.1) is 0 Å². The summed E-state index contributed by atoms with van der Waals surface area (Å²) in [5.41, 5.74) is 1.08. The number of benzene rings is 1. The van der Waals surface area contributed by atoms with Crippen LogP contribution in [0.25, 0.3) is 0 Å². The molecule has 0 saturated carbocycles. The number of halogens is 2. The lowest BCUT2D eigenvalue weighted by atomic mass is 10.1.